The van der Waals surface area contributed by atoms with Crippen molar-refractivity contribution in [2.45, 2.75) is 6.92 Å². The van der Waals surface area contributed by atoms with Crippen molar-refractivity contribution >= 4 is 33.3 Å². The molecule has 22 heavy (non-hydrogen) atoms. The summed E-state index contributed by atoms with van der Waals surface area (Å²) in [7, 11) is 0. The molecule has 0 fully saturated rings. The van der Waals surface area contributed by atoms with Crippen molar-refractivity contribution in [1.29, 1.82) is 0 Å². The van der Waals surface area contributed by atoms with Crippen LogP contribution in [0.15, 0.2) is 53.3 Å². The van der Waals surface area contributed by atoms with E-state index < -0.39 is 0 Å². The molecule has 0 bridgehead atoms. The van der Waals surface area contributed by atoms with Crippen LogP contribution in [-0.2, 0) is 0 Å². The highest BCUT2D eigenvalue weighted by molar-refractivity contribution is 5.92. The first kappa shape index (κ1) is 12.6. The van der Waals surface area contributed by atoms with Gasteiger partial charge < -0.3 is 15.3 Å². The molecule has 2 aromatic carbocycles. The van der Waals surface area contributed by atoms with E-state index in [0.29, 0.717) is 5.82 Å². The summed E-state index contributed by atoms with van der Waals surface area (Å²) in [5.41, 5.74) is 3.51. The van der Waals surface area contributed by atoms with Crippen molar-refractivity contribution in [3.63, 3.8) is 0 Å². The molecule has 5 nitrogen and oxygen atoms in total. The van der Waals surface area contributed by atoms with E-state index in [2.05, 4.69) is 26.3 Å². The lowest BCUT2D eigenvalue weighted by molar-refractivity contribution is 1.12. The normalized spacial score (nSPS) is 11.1. The zero-order valence-electron chi connectivity index (χ0n) is 12.0. The van der Waals surface area contributed by atoms with Gasteiger partial charge in [0, 0.05) is 27.7 Å². The Balaban J connectivity index is 1.83. The summed E-state index contributed by atoms with van der Waals surface area (Å²) in [5, 5.41) is 5.25. The van der Waals surface area contributed by atoms with Crippen LogP contribution in [0, 0.1) is 6.92 Å². The van der Waals surface area contributed by atoms with Gasteiger partial charge in [0.1, 0.15) is 5.82 Å². The number of anilines is 2. The van der Waals surface area contributed by atoms with Gasteiger partial charge >= 0.3 is 5.69 Å². The fourth-order valence-electron chi connectivity index (χ4n) is 2.69. The molecule has 0 radical (unpaired) electrons. The van der Waals surface area contributed by atoms with Crippen LogP contribution in [0.4, 0.5) is 11.5 Å². The monoisotopic (exact) mass is 290 g/mol. The van der Waals surface area contributed by atoms with E-state index in [4.69, 9.17) is 0 Å². The van der Waals surface area contributed by atoms with Gasteiger partial charge in [-0.15, -0.1) is 0 Å². The highest BCUT2D eigenvalue weighted by Crippen LogP contribution is 2.25. The molecule has 0 amide bonds. The molecule has 0 aliphatic rings. The molecule has 3 N–H and O–H groups in total. The van der Waals surface area contributed by atoms with Crippen molar-refractivity contribution in [2.24, 2.45) is 0 Å². The number of hydrogen-bond acceptors (Lipinski definition) is 3. The van der Waals surface area contributed by atoms with Gasteiger partial charge in [0.05, 0.1) is 5.52 Å². The van der Waals surface area contributed by atoms with Crippen molar-refractivity contribution in [2.75, 3.05) is 5.32 Å². The van der Waals surface area contributed by atoms with Crippen molar-refractivity contribution in [3.05, 3.63) is 64.7 Å². The lowest BCUT2D eigenvalue weighted by atomic mass is 10.2. The molecule has 2 aromatic heterocycles. The van der Waals surface area contributed by atoms with Crippen LogP contribution < -0.4 is 11.0 Å². The second-order valence-electron chi connectivity index (χ2n) is 5.32. The largest absolute Gasteiger partial charge is 0.359 e. The Kier molecular flexibility index (Phi) is 2.72. The third kappa shape index (κ3) is 2.13. The van der Waals surface area contributed by atoms with Crippen LogP contribution >= 0.6 is 0 Å². The van der Waals surface area contributed by atoms with E-state index in [1.54, 1.807) is 0 Å². The molecule has 0 atom stereocenters. The first-order valence-electron chi connectivity index (χ1n) is 7.04. The standard InChI is InChI=1S/C17H14N4O/c1-10-8-11-9-12(6-7-14(11)18-10)19-16-13-4-2-3-5-15(13)20-17(22)21-16/h2-9,18H,1H3,(H2,19,20,21,22). The molecular formula is C17H14N4O. The number of benzene rings is 2. The van der Waals surface area contributed by atoms with Crippen molar-refractivity contribution in [3.8, 4) is 0 Å². The lowest BCUT2D eigenvalue weighted by Crippen LogP contribution is -2.12. The van der Waals surface area contributed by atoms with E-state index in [9.17, 15) is 4.79 Å². The molecule has 0 saturated heterocycles. The van der Waals surface area contributed by atoms with Crippen LogP contribution in [0.25, 0.3) is 21.8 Å². The van der Waals surface area contributed by atoms with E-state index in [-0.39, 0.29) is 5.69 Å². The van der Waals surface area contributed by atoms with Gasteiger partial charge in [0.15, 0.2) is 0 Å². The number of para-hydroxylation sites is 1. The number of H-pyrrole nitrogens is 2. The minimum atomic E-state index is -0.361. The minimum absolute atomic E-state index is 0.361. The van der Waals surface area contributed by atoms with Gasteiger partial charge in [-0.3, -0.25) is 0 Å². The fraction of sp³-hybridized carbons (Fsp3) is 0.0588. The van der Waals surface area contributed by atoms with Crippen molar-refractivity contribution < 1.29 is 0 Å². The summed E-state index contributed by atoms with van der Waals surface area (Å²) < 4.78 is 0. The molecular weight excluding hydrogens is 276 g/mol. The van der Waals surface area contributed by atoms with Crippen LogP contribution in [0.1, 0.15) is 5.69 Å². The molecule has 4 aromatic rings. The Hall–Kier alpha value is -3.08. The summed E-state index contributed by atoms with van der Waals surface area (Å²) in [6, 6.07) is 15.7. The highest BCUT2D eigenvalue weighted by atomic mass is 16.1. The fourth-order valence-corrected chi connectivity index (χ4v) is 2.69. The quantitative estimate of drug-likeness (QED) is 0.529. The van der Waals surface area contributed by atoms with E-state index >= 15 is 0 Å². The Morgan fingerprint density at radius 3 is 2.77 bits per heavy atom. The summed E-state index contributed by atoms with van der Waals surface area (Å²) in [6.07, 6.45) is 0. The molecule has 0 spiro atoms. The average molecular weight is 290 g/mol. The predicted molar refractivity (Wildman–Crippen MR) is 88.7 cm³/mol. The first-order valence-corrected chi connectivity index (χ1v) is 7.04. The number of nitrogens with one attached hydrogen (secondary N) is 3. The second-order valence-corrected chi connectivity index (χ2v) is 5.32. The van der Waals surface area contributed by atoms with Crippen LogP contribution in [0.5, 0.6) is 0 Å². The number of aromatic nitrogens is 3. The molecule has 0 aliphatic carbocycles. The molecule has 108 valence electrons. The maximum Gasteiger partial charge on any atom is 0.347 e. The SMILES string of the molecule is Cc1cc2cc(Nc3nc(=O)[nH]c4ccccc34)ccc2[nH]1. The summed E-state index contributed by atoms with van der Waals surface area (Å²) in [6.45, 7) is 2.03. The maximum atomic E-state index is 11.7. The van der Waals surface area contributed by atoms with Crippen molar-refractivity contribution in [1.82, 2.24) is 15.0 Å². The summed E-state index contributed by atoms with van der Waals surface area (Å²) in [5.74, 6) is 0.561. The number of rotatable bonds is 2. The lowest BCUT2D eigenvalue weighted by Gasteiger charge is -2.08. The van der Waals surface area contributed by atoms with Gasteiger partial charge in [-0.05, 0) is 43.3 Å². The molecule has 0 unspecified atom stereocenters. The molecule has 5 heteroatoms. The third-order valence-electron chi connectivity index (χ3n) is 3.66. The maximum absolute atomic E-state index is 11.7. The first-order chi connectivity index (χ1) is 10.7. The minimum Gasteiger partial charge on any atom is -0.359 e. The number of nitrogens with zero attached hydrogens (tertiary/aromatic N) is 1. The Morgan fingerprint density at radius 1 is 1.00 bits per heavy atom. The molecule has 0 aliphatic heterocycles. The summed E-state index contributed by atoms with van der Waals surface area (Å²) in [4.78, 5) is 21.8. The molecule has 4 rings (SSSR count). The Bertz CT molecular complexity index is 1050. The topological polar surface area (TPSA) is 73.6 Å². The van der Waals surface area contributed by atoms with E-state index in [0.717, 1.165) is 33.2 Å². The van der Waals surface area contributed by atoms with E-state index in [1.807, 2.05) is 49.4 Å². The van der Waals surface area contributed by atoms with Crippen LogP contribution in [-0.4, -0.2) is 15.0 Å². The number of hydrogen-bond donors (Lipinski definition) is 3. The molecule has 0 saturated carbocycles. The average Bonchev–Trinajstić information content (AvgIpc) is 2.86. The zero-order valence-corrected chi connectivity index (χ0v) is 12.0. The summed E-state index contributed by atoms with van der Waals surface area (Å²) >= 11 is 0. The van der Waals surface area contributed by atoms with Gasteiger partial charge in [-0.1, -0.05) is 12.1 Å². The third-order valence-corrected chi connectivity index (χ3v) is 3.66. The van der Waals surface area contributed by atoms with Crippen LogP contribution in [0.3, 0.4) is 0 Å². The second kappa shape index (κ2) is 4.73. The van der Waals surface area contributed by atoms with Gasteiger partial charge in [0.2, 0.25) is 0 Å². The number of aromatic amines is 2. The van der Waals surface area contributed by atoms with E-state index in [1.165, 1.54) is 0 Å². The van der Waals surface area contributed by atoms with Gasteiger partial charge in [-0.2, -0.15) is 4.98 Å². The number of aryl methyl sites for hydroxylation is 1. The Morgan fingerprint density at radius 2 is 1.86 bits per heavy atom. The highest BCUT2D eigenvalue weighted by Gasteiger charge is 2.06. The molecule has 2 heterocycles. The Labute approximate surface area is 126 Å². The smallest absolute Gasteiger partial charge is 0.347 e. The van der Waals surface area contributed by atoms with Gasteiger partial charge in [-0.25, -0.2) is 4.79 Å². The van der Waals surface area contributed by atoms with Crippen LogP contribution in [0.2, 0.25) is 0 Å². The zero-order chi connectivity index (χ0) is 15.1. The van der Waals surface area contributed by atoms with Gasteiger partial charge in [0.25, 0.3) is 0 Å². The predicted octanol–water partition coefficient (Wildman–Crippen LogP) is 3.46. The number of fused-ring (bicyclic) bond motifs is 2.